The largest absolute Gasteiger partial charge is 0.438 e. The van der Waals surface area contributed by atoms with Crippen LogP contribution in [0.3, 0.4) is 0 Å². The molecule has 0 bridgehead atoms. The number of carbonyl (C=O) groups excluding carboxylic acids is 1. The summed E-state index contributed by atoms with van der Waals surface area (Å²) in [5.41, 5.74) is 1.77. The minimum Gasteiger partial charge on any atom is -0.438 e. The lowest BCUT2D eigenvalue weighted by Crippen LogP contribution is -2.29. The second kappa shape index (κ2) is 8.08. The van der Waals surface area contributed by atoms with E-state index in [-0.39, 0.29) is 10.9 Å². The normalized spacial score (nSPS) is 12.5. The molecule has 0 fully saturated rings. The van der Waals surface area contributed by atoms with E-state index >= 15 is 0 Å². The summed E-state index contributed by atoms with van der Waals surface area (Å²) in [4.78, 5) is 12.7. The Morgan fingerprint density at radius 3 is 2.22 bits per heavy atom. The zero-order valence-corrected chi connectivity index (χ0v) is 16.7. The Bertz CT molecular complexity index is 1030. The maximum Gasteiger partial charge on any atom is 0.287 e. The van der Waals surface area contributed by atoms with Crippen LogP contribution in [0.2, 0.25) is 0 Å². The van der Waals surface area contributed by atoms with E-state index in [9.17, 15) is 13.2 Å². The van der Waals surface area contributed by atoms with Gasteiger partial charge in [0.25, 0.3) is 15.9 Å². The third kappa shape index (κ3) is 4.47. The smallest absolute Gasteiger partial charge is 0.287 e. The van der Waals surface area contributed by atoms with E-state index in [1.54, 1.807) is 0 Å². The molecular formula is C19H17BrN2O4S. The molecule has 1 atom stereocenters. The number of sulfonamides is 1. The number of halogens is 1. The maximum absolute atomic E-state index is 12.7. The van der Waals surface area contributed by atoms with Gasteiger partial charge in [-0.1, -0.05) is 58.4 Å². The lowest BCUT2D eigenvalue weighted by atomic mass is 9.98. The molecule has 0 saturated carbocycles. The van der Waals surface area contributed by atoms with Gasteiger partial charge in [-0.2, -0.15) is 0 Å². The minimum atomic E-state index is -3.75. The van der Waals surface area contributed by atoms with Crippen molar-refractivity contribution in [1.29, 1.82) is 0 Å². The Kier molecular flexibility index (Phi) is 5.79. The van der Waals surface area contributed by atoms with Crippen molar-refractivity contribution in [1.82, 2.24) is 10.0 Å². The van der Waals surface area contributed by atoms with Crippen LogP contribution in [0.1, 0.15) is 27.7 Å². The van der Waals surface area contributed by atoms with E-state index in [1.165, 1.54) is 19.2 Å². The molecule has 0 saturated heterocycles. The topological polar surface area (TPSA) is 88.4 Å². The van der Waals surface area contributed by atoms with E-state index in [0.717, 1.165) is 15.6 Å². The summed E-state index contributed by atoms with van der Waals surface area (Å²) in [5, 5.41) is 2.59. The van der Waals surface area contributed by atoms with Crippen molar-refractivity contribution in [3.63, 3.8) is 0 Å². The summed E-state index contributed by atoms with van der Waals surface area (Å²) in [5.74, 6) is -0.591. The van der Waals surface area contributed by atoms with E-state index in [2.05, 4.69) is 26.0 Å². The van der Waals surface area contributed by atoms with Crippen LogP contribution in [0.25, 0.3) is 0 Å². The van der Waals surface area contributed by atoms with Crippen LogP contribution in [-0.2, 0) is 10.0 Å². The van der Waals surface area contributed by atoms with Crippen LogP contribution in [0.15, 0.2) is 80.7 Å². The molecule has 1 heterocycles. The highest BCUT2D eigenvalue weighted by Gasteiger charge is 2.23. The molecular weight excluding hydrogens is 432 g/mol. The van der Waals surface area contributed by atoms with E-state index < -0.39 is 22.0 Å². The molecule has 6 nitrogen and oxygen atoms in total. The van der Waals surface area contributed by atoms with Crippen LogP contribution in [0, 0.1) is 0 Å². The Morgan fingerprint density at radius 1 is 0.963 bits per heavy atom. The molecule has 0 aliphatic carbocycles. The first-order valence-corrected chi connectivity index (χ1v) is 10.3. The highest BCUT2D eigenvalue weighted by molar-refractivity contribution is 9.10. The second-order valence-corrected chi connectivity index (χ2v) is 8.43. The van der Waals surface area contributed by atoms with Gasteiger partial charge in [0.05, 0.1) is 6.04 Å². The highest BCUT2D eigenvalue weighted by atomic mass is 79.9. The van der Waals surface area contributed by atoms with Crippen LogP contribution in [0.5, 0.6) is 0 Å². The van der Waals surface area contributed by atoms with Gasteiger partial charge in [0.15, 0.2) is 5.76 Å². The summed E-state index contributed by atoms with van der Waals surface area (Å²) in [7, 11) is -2.48. The molecule has 2 N–H and O–H groups in total. The molecule has 0 radical (unpaired) electrons. The highest BCUT2D eigenvalue weighted by Crippen LogP contribution is 2.24. The summed E-state index contributed by atoms with van der Waals surface area (Å²) in [6.45, 7) is 0. The van der Waals surface area contributed by atoms with Gasteiger partial charge in [0.2, 0.25) is 5.09 Å². The van der Waals surface area contributed by atoms with Crippen LogP contribution < -0.4 is 10.0 Å². The van der Waals surface area contributed by atoms with Crippen molar-refractivity contribution in [3.05, 3.63) is 88.1 Å². The third-order valence-electron chi connectivity index (χ3n) is 3.95. The number of furan rings is 1. The van der Waals surface area contributed by atoms with Crippen molar-refractivity contribution in [2.45, 2.75) is 11.1 Å². The Morgan fingerprint density at radius 2 is 1.59 bits per heavy atom. The number of rotatable bonds is 6. The van der Waals surface area contributed by atoms with E-state index in [1.807, 2.05) is 54.6 Å². The molecule has 2 aromatic carbocycles. The molecule has 27 heavy (non-hydrogen) atoms. The molecule has 1 aromatic heterocycles. The average molecular weight is 449 g/mol. The first kappa shape index (κ1) is 19.3. The number of amides is 1. The van der Waals surface area contributed by atoms with Crippen LogP contribution in [-0.4, -0.2) is 21.4 Å². The molecule has 0 aliphatic heterocycles. The molecule has 8 heteroatoms. The van der Waals surface area contributed by atoms with Crippen molar-refractivity contribution in [3.8, 4) is 0 Å². The number of benzene rings is 2. The predicted octanol–water partition coefficient (Wildman–Crippen LogP) is 3.47. The fourth-order valence-corrected chi connectivity index (χ4v) is 3.46. The first-order valence-electron chi connectivity index (χ1n) is 8.05. The molecule has 3 aromatic rings. The third-order valence-corrected chi connectivity index (χ3v) is 5.77. The lowest BCUT2D eigenvalue weighted by molar-refractivity contribution is 0.0909. The van der Waals surface area contributed by atoms with Gasteiger partial charge in [-0.25, -0.2) is 13.1 Å². The number of carbonyl (C=O) groups is 1. The molecule has 140 valence electrons. The molecule has 1 unspecified atom stereocenters. The monoisotopic (exact) mass is 448 g/mol. The summed E-state index contributed by atoms with van der Waals surface area (Å²) in [6.07, 6.45) is 0. The maximum atomic E-state index is 12.7. The fourth-order valence-electron chi connectivity index (χ4n) is 2.55. The summed E-state index contributed by atoms with van der Waals surface area (Å²) >= 11 is 3.40. The predicted molar refractivity (Wildman–Crippen MR) is 105 cm³/mol. The Labute approximate surface area is 165 Å². The quantitative estimate of drug-likeness (QED) is 0.603. The number of hydrogen-bond acceptors (Lipinski definition) is 4. The summed E-state index contributed by atoms with van der Waals surface area (Å²) < 4.78 is 31.9. The minimum absolute atomic E-state index is 0.0816. The lowest BCUT2D eigenvalue weighted by Gasteiger charge is -2.19. The van der Waals surface area contributed by atoms with Gasteiger partial charge in [-0.05, 0) is 42.4 Å². The van der Waals surface area contributed by atoms with Crippen molar-refractivity contribution in [2.24, 2.45) is 0 Å². The van der Waals surface area contributed by atoms with E-state index in [4.69, 9.17) is 4.42 Å². The zero-order chi connectivity index (χ0) is 19.4. The van der Waals surface area contributed by atoms with Gasteiger partial charge in [0.1, 0.15) is 0 Å². The van der Waals surface area contributed by atoms with E-state index in [0.29, 0.717) is 0 Å². The SMILES string of the molecule is CNS(=O)(=O)c1ccc(C(=O)NC(c2ccccc2)c2ccc(Br)cc2)o1. The first-order chi connectivity index (χ1) is 12.9. The Hall–Kier alpha value is -2.42. The van der Waals surface area contributed by atoms with Gasteiger partial charge < -0.3 is 9.73 Å². The van der Waals surface area contributed by atoms with Crippen molar-refractivity contribution in [2.75, 3.05) is 7.05 Å². The van der Waals surface area contributed by atoms with Gasteiger partial charge in [-0.15, -0.1) is 0 Å². The van der Waals surface area contributed by atoms with Crippen molar-refractivity contribution >= 4 is 31.9 Å². The number of hydrogen-bond donors (Lipinski definition) is 2. The van der Waals surface area contributed by atoms with Crippen LogP contribution >= 0.6 is 15.9 Å². The second-order valence-electron chi connectivity index (χ2n) is 5.69. The fraction of sp³-hybridized carbons (Fsp3) is 0.105. The van der Waals surface area contributed by atoms with Gasteiger partial charge in [-0.3, -0.25) is 4.79 Å². The molecule has 0 spiro atoms. The number of nitrogens with one attached hydrogen (secondary N) is 2. The van der Waals surface area contributed by atoms with Gasteiger partial charge in [0, 0.05) is 4.47 Å². The zero-order valence-electron chi connectivity index (χ0n) is 14.3. The summed E-state index contributed by atoms with van der Waals surface area (Å²) in [6, 6.07) is 19.2. The Balaban J connectivity index is 1.90. The van der Waals surface area contributed by atoms with Crippen molar-refractivity contribution < 1.29 is 17.6 Å². The molecule has 1 amide bonds. The molecule has 3 rings (SSSR count). The molecule has 0 aliphatic rings. The van der Waals surface area contributed by atoms with Gasteiger partial charge >= 0.3 is 0 Å². The average Bonchev–Trinajstić information content (AvgIpc) is 3.19. The standard InChI is InChI=1S/C19H17BrN2O4S/c1-21-27(24,25)17-12-11-16(26-17)19(23)22-18(13-5-3-2-4-6-13)14-7-9-15(20)10-8-14/h2-12,18,21H,1H3,(H,22,23). The van der Waals surface area contributed by atoms with Crippen LogP contribution in [0.4, 0.5) is 0 Å².